The summed E-state index contributed by atoms with van der Waals surface area (Å²) in [6.07, 6.45) is 0. The molecule has 7 nitrogen and oxygen atoms in total. The van der Waals surface area contributed by atoms with Gasteiger partial charge in [-0.2, -0.15) is 0 Å². The fourth-order valence-corrected chi connectivity index (χ4v) is 2.67. The van der Waals surface area contributed by atoms with Crippen LogP contribution in [0.4, 0.5) is 0 Å². The van der Waals surface area contributed by atoms with Crippen LogP contribution in [0.15, 0.2) is 41.4 Å². The molecule has 2 N–H and O–H groups in total. The number of nitrogens with one attached hydrogen (secondary N) is 2. The van der Waals surface area contributed by atoms with Crippen molar-refractivity contribution in [2.24, 2.45) is 4.99 Å². The number of ether oxygens (including phenoxy) is 4. The number of nitrogens with zero attached hydrogens (tertiary/aromatic N) is 1. The number of methoxy groups -OCH3 is 4. The van der Waals surface area contributed by atoms with E-state index in [1.165, 1.54) is 0 Å². The maximum absolute atomic E-state index is 5.51. The summed E-state index contributed by atoms with van der Waals surface area (Å²) in [5.74, 6) is 3.33. The fraction of sp³-hybridized carbons (Fsp3) is 0.350. The molecule has 0 radical (unpaired) electrons. The molecule has 0 aliphatic carbocycles. The number of benzene rings is 2. The lowest BCUT2D eigenvalue weighted by molar-refractivity contribution is 0.322. The van der Waals surface area contributed by atoms with Gasteiger partial charge in [0.05, 0.1) is 28.4 Å². The summed E-state index contributed by atoms with van der Waals surface area (Å²) < 4.78 is 21.5. The first-order valence-electron chi connectivity index (χ1n) is 8.52. The highest BCUT2D eigenvalue weighted by Crippen LogP contribution is 2.39. The van der Waals surface area contributed by atoms with E-state index in [1.807, 2.05) is 36.4 Å². The number of rotatable bonds is 8. The quantitative estimate of drug-likeness (QED) is 0.547. The highest BCUT2D eigenvalue weighted by molar-refractivity contribution is 5.79. The third-order valence-corrected chi connectivity index (χ3v) is 4.05. The Hall–Kier alpha value is -3.09. The first kappa shape index (κ1) is 20.2. The molecule has 0 amide bonds. The summed E-state index contributed by atoms with van der Waals surface area (Å²) in [4.78, 5) is 4.26. The maximum atomic E-state index is 5.51. The van der Waals surface area contributed by atoms with Crippen molar-refractivity contribution in [3.8, 4) is 23.0 Å². The van der Waals surface area contributed by atoms with Crippen molar-refractivity contribution in [2.45, 2.75) is 13.1 Å². The van der Waals surface area contributed by atoms with Gasteiger partial charge in [-0.3, -0.25) is 4.99 Å². The molecule has 7 heteroatoms. The lowest BCUT2D eigenvalue weighted by Crippen LogP contribution is -2.36. The highest BCUT2D eigenvalue weighted by Gasteiger charge is 2.15. The van der Waals surface area contributed by atoms with Gasteiger partial charge in [0, 0.05) is 25.7 Å². The summed E-state index contributed by atoms with van der Waals surface area (Å²) in [5.41, 5.74) is 2.03. The van der Waals surface area contributed by atoms with Crippen LogP contribution in [0.1, 0.15) is 11.1 Å². The van der Waals surface area contributed by atoms with Crippen molar-refractivity contribution in [1.82, 2.24) is 10.6 Å². The maximum Gasteiger partial charge on any atom is 0.203 e. The van der Waals surface area contributed by atoms with Crippen molar-refractivity contribution < 1.29 is 18.9 Å². The molecule has 0 aromatic heterocycles. The van der Waals surface area contributed by atoms with E-state index in [-0.39, 0.29) is 0 Å². The molecule has 0 saturated carbocycles. The van der Waals surface area contributed by atoms with E-state index < -0.39 is 0 Å². The van der Waals surface area contributed by atoms with Crippen molar-refractivity contribution in [3.63, 3.8) is 0 Å². The molecule has 0 fully saturated rings. The molecule has 0 bridgehead atoms. The molecule has 2 aromatic rings. The van der Waals surface area contributed by atoms with E-state index in [9.17, 15) is 0 Å². The van der Waals surface area contributed by atoms with Gasteiger partial charge in [-0.1, -0.05) is 12.1 Å². The second-order valence-corrected chi connectivity index (χ2v) is 5.62. The van der Waals surface area contributed by atoms with Gasteiger partial charge >= 0.3 is 0 Å². The second kappa shape index (κ2) is 10.2. The van der Waals surface area contributed by atoms with Crippen LogP contribution in [-0.2, 0) is 13.1 Å². The van der Waals surface area contributed by atoms with E-state index >= 15 is 0 Å². The first-order chi connectivity index (χ1) is 13.2. The second-order valence-electron chi connectivity index (χ2n) is 5.62. The number of aliphatic imine (C=N–C) groups is 1. The molecular weight excluding hydrogens is 346 g/mol. The Labute approximate surface area is 160 Å². The molecule has 2 aromatic carbocycles. The Balaban J connectivity index is 2.03. The normalized spacial score (nSPS) is 10.9. The zero-order valence-electron chi connectivity index (χ0n) is 16.5. The standard InChI is InChI=1S/C20H27N3O4/c1-21-20(22-12-14-7-6-8-16(11-14)24-2)23-13-15-9-10-17(25-3)19(27-5)18(15)26-4/h6-11H,12-13H2,1-5H3,(H2,21,22,23). The summed E-state index contributed by atoms with van der Waals surface area (Å²) in [7, 11) is 8.18. The minimum atomic E-state index is 0.515. The molecule has 0 saturated heterocycles. The van der Waals surface area contributed by atoms with Gasteiger partial charge in [0.1, 0.15) is 5.75 Å². The Bertz CT molecular complexity index is 778. The Morgan fingerprint density at radius 1 is 0.852 bits per heavy atom. The van der Waals surface area contributed by atoms with E-state index in [1.54, 1.807) is 35.5 Å². The minimum Gasteiger partial charge on any atom is -0.497 e. The summed E-state index contributed by atoms with van der Waals surface area (Å²) in [6, 6.07) is 11.7. The largest absolute Gasteiger partial charge is 0.497 e. The van der Waals surface area contributed by atoms with Crippen LogP contribution in [0.25, 0.3) is 0 Å². The van der Waals surface area contributed by atoms with Gasteiger partial charge in [0.25, 0.3) is 0 Å². The average molecular weight is 373 g/mol. The third-order valence-electron chi connectivity index (χ3n) is 4.05. The number of hydrogen-bond donors (Lipinski definition) is 2. The Morgan fingerprint density at radius 3 is 2.22 bits per heavy atom. The number of hydrogen-bond acceptors (Lipinski definition) is 5. The summed E-state index contributed by atoms with van der Waals surface area (Å²) >= 11 is 0. The van der Waals surface area contributed by atoms with Crippen molar-refractivity contribution >= 4 is 5.96 Å². The SMILES string of the molecule is CN=C(NCc1cccc(OC)c1)NCc1ccc(OC)c(OC)c1OC. The van der Waals surface area contributed by atoms with Gasteiger partial charge in [0.15, 0.2) is 17.5 Å². The van der Waals surface area contributed by atoms with Gasteiger partial charge in [-0.15, -0.1) is 0 Å². The Kier molecular flexibility index (Phi) is 7.61. The van der Waals surface area contributed by atoms with Crippen LogP contribution >= 0.6 is 0 Å². The molecule has 146 valence electrons. The number of guanidine groups is 1. The minimum absolute atomic E-state index is 0.515. The van der Waals surface area contributed by atoms with E-state index in [0.717, 1.165) is 16.9 Å². The summed E-state index contributed by atoms with van der Waals surface area (Å²) in [5, 5.41) is 6.56. The van der Waals surface area contributed by atoms with Crippen molar-refractivity contribution in [2.75, 3.05) is 35.5 Å². The smallest absolute Gasteiger partial charge is 0.203 e. The molecule has 2 rings (SSSR count). The monoisotopic (exact) mass is 373 g/mol. The first-order valence-corrected chi connectivity index (χ1v) is 8.52. The topological polar surface area (TPSA) is 73.3 Å². The molecular formula is C20H27N3O4. The van der Waals surface area contributed by atoms with Crippen LogP contribution in [0, 0.1) is 0 Å². The molecule has 27 heavy (non-hydrogen) atoms. The predicted octanol–water partition coefficient (Wildman–Crippen LogP) is 2.59. The third kappa shape index (κ3) is 5.20. The molecule has 0 spiro atoms. The lowest BCUT2D eigenvalue weighted by atomic mass is 10.1. The van der Waals surface area contributed by atoms with E-state index in [0.29, 0.717) is 36.3 Å². The van der Waals surface area contributed by atoms with Gasteiger partial charge < -0.3 is 29.6 Å². The van der Waals surface area contributed by atoms with Crippen molar-refractivity contribution in [1.29, 1.82) is 0 Å². The highest BCUT2D eigenvalue weighted by atomic mass is 16.5. The van der Waals surface area contributed by atoms with E-state index in [4.69, 9.17) is 18.9 Å². The molecule has 0 atom stereocenters. The van der Waals surface area contributed by atoms with Crippen LogP contribution in [0.3, 0.4) is 0 Å². The molecule has 0 heterocycles. The zero-order chi connectivity index (χ0) is 19.6. The van der Waals surface area contributed by atoms with Gasteiger partial charge in [-0.25, -0.2) is 0 Å². The summed E-state index contributed by atoms with van der Waals surface area (Å²) in [6.45, 7) is 1.14. The predicted molar refractivity (Wildman–Crippen MR) is 106 cm³/mol. The lowest BCUT2D eigenvalue weighted by Gasteiger charge is -2.17. The van der Waals surface area contributed by atoms with Crippen LogP contribution < -0.4 is 29.6 Å². The molecule has 0 aliphatic heterocycles. The fourth-order valence-electron chi connectivity index (χ4n) is 2.67. The van der Waals surface area contributed by atoms with Crippen molar-refractivity contribution in [3.05, 3.63) is 47.5 Å². The van der Waals surface area contributed by atoms with Crippen LogP contribution in [0.5, 0.6) is 23.0 Å². The zero-order valence-corrected chi connectivity index (χ0v) is 16.5. The molecule has 0 aliphatic rings. The van der Waals surface area contributed by atoms with Crippen LogP contribution in [0.2, 0.25) is 0 Å². The Morgan fingerprint density at radius 2 is 1.59 bits per heavy atom. The molecule has 0 unspecified atom stereocenters. The van der Waals surface area contributed by atoms with Gasteiger partial charge in [-0.05, 0) is 29.8 Å². The van der Waals surface area contributed by atoms with E-state index in [2.05, 4.69) is 15.6 Å². The average Bonchev–Trinajstić information content (AvgIpc) is 2.73. The van der Waals surface area contributed by atoms with Gasteiger partial charge in [0.2, 0.25) is 5.75 Å². The van der Waals surface area contributed by atoms with Crippen LogP contribution in [-0.4, -0.2) is 41.4 Å².